The molecule has 1 amide bonds. The first-order valence-electron chi connectivity index (χ1n) is 7.67. The third kappa shape index (κ3) is 4.35. The van der Waals surface area contributed by atoms with Crippen molar-refractivity contribution in [2.24, 2.45) is 0 Å². The van der Waals surface area contributed by atoms with Crippen LogP contribution in [0.3, 0.4) is 0 Å². The monoisotopic (exact) mass is 358 g/mol. The Labute approximate surface area is 149 Å². The van der Waals surface area contributed by atoms with E-state index in [0.717, 1.165) is 20.1 Å². The zero-order valence-electron chi connectivity index (χ0n) is 13.1. The first kappa shape index (κ1) is 17.0. The van der Waals surface area contributed by atoms with Gasteiger partial charge in [-0.2, -0.15) is 0 Å². The van der Waals surface area contributed by atoms with Crippen molar-refractivity contribution < 1.29 is 9.90 Å². The van der Waals surface area contributed by atoms with Crippen molar-refractivity contribution in [1.82, 2.24) is 9.88 Å². The minimum absolute atomic E-state index is 0.0113. The SMILES string of the molecule is O=C(CSc1nc2ccccc2s1)N(CCO)Cc1ccccc1. The van der Waals surface area contributed by atoms with E-state index in [0.29, 0.717) is 18.8 Å². The van der Waals surface area contributed by atoms with Crippen molar-refractivity contribution in [2.45, 2.75) is 10.9 Å². The minimum Gasteiger partial charge on any atom is -0.395 e. The molecule has 3 rings (SSSR count). The number of carbonyl (C=O) groups is 1. The van der Waals surface area contributed by atoms with Gasteiger partial charge in [-0.25, -0.2) is 4.98 Å². The fourth-order valence-electron chi connectivity index (χ4n) is 2.34. The molecule has 0 aliphatic carbocycles. The molecule has 1 heterocycles. The van der Waals surface area contributed by atoms with E-state index in [1.807, 2.05) is 54.6 Å². The second-order valence-corrected chi connectivity index (χ2v) is 7.51. The largest absolute Gasteiger partial charge is 0.395 e. The highest BCUT2D eigenvalue weighted by Gasteiger charge is 2.15. The second-order valence-electron chi connectivity index (χ2n) is 5.26. The smallest absolute Gasteiger partial charge is 0.233 e. The van der Waals surface area contributed by atoms with E-state index in [1.54, 1.807) is 16.2 Å². The summed E-state index contributed by atoms with van der Waals surface area (Å²) in [5.41, 5.74) is 2.03. The van der Waals surface area contributed by atoms with Crippen molar-refractivity contribution in [1.29, 1.82) is 0 Å². The van der Waals surface area contributed by atoms with E-state index in [1.165, 1.54) is 11.8 Å². The van der Waals surface area contributed by atoms with Gasteiger partial charge in [0.2, 0.25) is 5.91 Å². The van der Waals surface area contributed by atoms with E-state index in [4.69, 9.17) is 0 Å². The number of rotatable bonds is 7. The molecule has 0 bridgehead atoms. The van der Waals surface area contributed by atoms with Crippen LogP contribution in [0.5, 0.6) is 0 Å². The molecule has 0 saturated carbocycles. The Hall–Kier alpha value is -1.89. The number of hydrogen-bond acceptors (Lipinski definition) is 5. The fourth-order valence-corrected chi connectivity index (χ4v) is 4.32. The zero-order valence-corrected chi connectivity index (χ0v) is 14.7. The summed E-state index contributed by atoms with van der Waals surface area (Å²) in [5.74, 6) is 0.337. The predicted octanol–water partition coefficient (Wildman–Crippen LogP) is 3.41. The Morgan fingerprint density at radius 2 is 1.88 bits per heavy atom. The summed E-state index contributed by atoms with van der Waals surface area (Å²) < 4.78 is 2.03. The lowest BCUT2D eigenvalue weighted by atomic mass is 10.2. The summed E-state index contributed by atoms with van der Waals surface area (Å²) in [6, 6.07) is 17.8. The summed E-state index contributed by atoms with van der Waals surface area (Å²) in [7, 11) is 0. The highest BCUT2D eigenvalue weighted by molar-refractivity contribution is 8.01. The van der Waals surface area contributed by atoms with E-state index in [9.17, 15) is 9.90 Å². The quantitative estimate of drug-likeness (QED) is 0.658. The topological polar surface area (TPSA) is 53.4 Å². The first-order valence-corrected chi connectivity index (χ1v) is 9.47. The number of amides is 1. The van der Waals surface area contributed by atoms with E-state index < -0.39 is 0 Å². The van der Waals surface area contributed by atoms with Gasteiger partial charge in [0.05, 0.1) is 22.6 Å². The molecule has 0 spiro atoms. The van der Waals surface area contributed by atoms with E-state index in [-0.39, 0.29) is 12.5 Å². The van der Waals surface area contributed by atoms with E-state index >= 15 is 0 Å². The Morgan fingerprint density at radius 3 is 2.62 bits per heavy atom. The molecular weight excluding hydrogens is 340 g/mol. The van der Waals surface area contributed by atoms with Crippen LogP contribution in [0.15, 0.2) is 58.9 Å². The van der Waals surface area contributed by atoms with Crippen LogP contribution in [-0.2, 0) is 11.3 Å². The Morgan fingerprint density at radius 1 is 1.12 bits per heavy atom. The van der Waals surface area contributed by atoms with Gasteiger partial charge in [0.15, 0.2) is 4.34 Å². The van der Waals surface area contributed by atoms with Crippen LogP contribution >= 0.6 is 23.1 Å². The molecule has 3 aromatic rings. The van der Waals surface area contributed by atoms with Gasteiger partial charge in [-0.15, -0.1) is 11.3 Å². The number of thiazole rings is 1. The Kier molecular flexibility index (Phi) is 5.85. The van der Waals surface area contributed by atoms with Crippen LogP contribution in [0, 0.1) is 0 Å². The van der Waals surface area contributed by atoms with E-state index in [2.05, 4.69) is 4.98 Å². The third-order valence-electron chi connectivity index (χ3n) is 3.53. The number of aliphatic hydroxyl groups is 1. The number of aromatic nitrogens is 1. The van der Waals surface area contributed by atoms with Crippen LogP contribution in [0.25, 0.3) is 10.2 Å². The minimum atomic E-state index is -0.0373. The van der Waals surface area contributed by atoms with Crippen LogP contribution in [0.2, 0.25) is 0 Å². The molecule has 1 aromatic heterocycles. The average molecular weight is 358 g/mol. The maximum Gasteiger partial charge on any atom is 0.233 e. The molecule has 0 aliphatic rings. The molecule has 124 valence electrons. The molecule has 0 atom stereocenters. The molecule has 0 saturated heterocycles. The first-order chi connectivity index (χ1) is 11.8. The van der Waals surface area contributed by atoms with Gasteiger partial charge < -0.3 is 10.0 Å². The highest BCUT2D eigenvalue weighted by Crippen LogP contribution is 2.29. The molecule has 6 heteroatoms. The van der Waals surface area contributed by atoms with Crippen LogP contribution < -0.4 is 0 Å². The number of thioether (sulfide) groups is 1. The van der Waals surface area contributed by atoms with Crippen molar-refractivity contribution in [3.8, 4) is 0 Å². The summed E-state index contributed by atoms with van der Waals surface area (Å²) >= 11 is 3.05. The lowest BCUT2D eigenvalue weighted by Gasteiger charge is -2.21. The lowest BCUT2D eigenvalue weighted by molar-refractivity contribution is -0.129. The second kappa shape index (κ2) is 8.28. The van der Waals surface area contributed by atoms with Gasteiger partial charge in [0.1, 0.15) is 0 Å². The van der Waals surface area contributed by atoms with Gasteiger partial charge >= 0.3 is 0 Å². The van der Waals surface area contributed by atoms with Gasteiger partial charge in [0, 0.05) is 13.1 Å². The fraction of sp³-hybridized carbons (Fsp3) is 0.222. The molecule has 1 N–H and O–H groups in total. The van der Waals surface area contributed by atoms with Gasteiger partial charge in [-0.3, -0.25) is 4.79 Å². The number of aliphatic hydroxyl groups excluding tert-OH is 1. The Balaban J connectivity index is 1.62. The predicted molar refractivity (Wildman–Crippen MR) is 99.3 cm³/mol. The van der Waals surface area contributed by atoms with Crippen molar-refractivity contribution in [3.63, 3.8) is 0 Å². The summed E-state index contributed by atoms with van der Waals surface area (Å²) in [6.45, 7) is 0.819. The maximum absolute atomic E-state index is 12.5. The molecule has 0 fully saturated rings. The third-order valence-corrected chi connectivity index (χ3v) is 5.70. The average Bonchev–Trinajstić information content (AvgIpc) is 3.03. The van der Waals surface area contributed by atoms with Crippen molar-refractivity contribution in [2.75, 3.05) is 18.9 Å². The standard InChI is InChI=1S/C18H18N2O2S2/c21-11-10-20(12-14-6-2-1-3-7-14)17(22)13-23-18-19-15-8-4-5-9-16(15)24-18/h1-9,21H,10-13H2. The number of fused-ring (bicyclic) bond motifs is 1. The molecule has 0 radical (unpaired) electrons. The van der Waals surface area contributed by atoms with Crippen molar-refractivity contribution >= 4 is 39.2 Å². The normalized spacial score (nSPS) is 10.9. The summed E-state index contributed by atoms with van der Waals surface area (Å²) in [4.78, 5) is 18.7. The molecule has 24 heavy (non-hydrogen) atoms. The number of para-hydroxylation sites is 1. The molecule has 2 aromatic carbocycles. The Bertz CT molecular complexity index is 772. The summed E-state index contributed by atoms with van der Waals surface area (Å²) in [6.07, 6.45) is 0. The number of nitrogens with zero attached hydrogens (tertiary/aromatic N) is 2. The van der Waals surface area contributed by atoms with Crippen molar-refractivity contribution in [3.05, 3.63) is 60.2 Å². The number of benzene rings is 2. The summed E-state index contributed by atoms with van der Waals surface area (Å²) in [5, 5.41) is 9.23. The lowest BCUT2D eigenvalue weighted by Crippen LogP contribution is -2.34. The van der Waals surface area contributed by atoms with Gasteiger partial charge in [0.25, 0.3) is 0 Å². The molecular formula is C18H18N2O2S2. The zero-order chi connectivity index (χ0) is 16.8. The number of hydrogen-bond donors (Lipinski definition) is 1. The van der Waals surface area contributed by atoms with Crippen LogP contribution in [0.1, 0.15) is 5.56 Å². The van der Waals surface area contributed by atoms with Crippen LogP contribution in [-0.4, -0.2) is 39.8 Å². The molecule has 0 aliphatic heterocycles. The number of carbonyl (C=O) groups excluding carboxylic acids is 1. The van der Waals surface area contributed by atoms with Gasteiger partial charge in [-0.05, 0) is 17.7 Å². The van der Waals surface area contributed by atoms with Gasteiger partial charge in [-0.1, -0.05) is 54.2 Å². The molecule has 4 nitrogen and oxygen atoms in total. The maximum atomic E-state index is 12.5. The van der Waals surface area contributed by atoms with Crippen LogP contribution in [0.4, 0.5) is 0 Å². The highest BCUT2D eigenvalue weighted by atomic mass is 32.2. The molecule has 0 unspecified atom stereocenters.